The summed E-state index contributed by atoms with van der Waals surface area (Å²) in [6, 6.07) is 1.91. The molecule has 2 rings (SSSR count). The van der Waals surface area contributed by atoms with Gasteiger partial charge in [0.2, 0.25) is 0 Å². The summed E-state index contributed by atoms with van der Waals surface area (Å²) < 4.78 is 1.98. The van der Waals surface area contributed by atoms with E-state index in [1.807, 2.05) is 37.8 Å². The molecule has 0 aromatic carbocycles. The SMILES string of the molecule is CNC(c1ccnc(C)n1)c1nccn1C. The highest BCUT2D eigenvalue weighted by Crippen LogP contribution is 2.17. The van der Waals surface area contributed by atoms with Gasteiger partial charge in [0.05, 0.1) is 5.69 Å². The molecule has 0 saturated heterocycles. The van der Waals surface area contributed by atoms with Gasteiger partial charge in [-0.2, -0.15) is 0 Å². The number of imidazole rings is 1. The highest BCUT2D eigenvalue weighted by Gasteiger charge is 2.17. The first-order valence-corrected chi connectivity index (χ1v) is 5.16. The van der Waals surface area contributed by atoms with E-state index in [-0.39, 0.29) is 6.04 Å². The summed E-state index contributed by atoms with van der Waals surface area (Å²) in [6.07, 6.45) is 5.48. The van der Waals surface area contributed by atoms with E-state index in [0.717, 1.165) is 17.3 Å². The third kappa shape index (κ3) is 1.94. The summed E-state index contributed by atoms with van der Waals surface area (Å²) in [4.78, 5) is 12.8. The summed E-state index contributed by atoms with van der Waals surface area (Å²) in [5.74, 6) is 1.72. The minimum Gasteiger partial charge on any atom is -0.336 e. The van der Waals surface area contributed by atoms with Crippen molar-refractivity contribution < 1.29 is 0 Å². The van der Waals surface area contributed by atoms with Crippen LogP contribution in [0.2, 0.25) is 0 Å². The lowest BCUT2D eigenvalue weighted by Crippen LogP contribution is -2.22. The maximum absolute atomic E-state index is 4.41. The van der Waals surface area contributed by atoms with Crippen LogP contribution < -0.4 is 5.32 Å². The molecule has 0 aliphatic carbocycles. The predicted molar refractivity (Wildman–Crippen MR) is 60.9 cm³/mol. The number of hydrogen-bond donors (Lipinski definition) is 1. The molecule has 2 aromatic rings. The van der Waals surface area contributed by atoms with Crippen molar-refractivity contribution in [2.24, 2.45) is 7.05 Å². The molecule has 1 N–H and O–H groups in total. The molecule has 0 radical (unpaired) electrons. The van der Waals surface area contributed by atoms with Gasteiger partial charge in [-0.3, -0.25) is 0 Å². The monoisotopic (exact) mass is 217 g/mol. The van der Waals surface area contributed by atoms with Crippen LogP contribution in [0.3, 0.4) is 0 Å². The molecular formula is C11H15N5. The average molecular weight is 217 g/mol. The van der Waals surface area contributed by atoms with E-state index in [9.17, 15) is 0 Å². The van der Waals surface area contributed by atoms with E-state index in [1.165, 1.54) is 0 Å². The Morgan fingerprint density at radius 1 is 1.31 bits per heavy atom. The number of aromatic nitrogens is 4. The molecule has 5 nitrogen and oxygen atoms in total. The van der Waals surface area contributed by atoms with Crippen molar-refractivity contribution in [1.29, 1.82) is 0 Å². The van der Waals surface area contributed by atoms with E-state index < -0.39 is 0 Å². The average Bonchev–Trinajstić information content (AvgIpc) is 2.67. The van der Waals surface area contributed by atoms with E-state index in [0.29, 0.717) is 0 Å². The van der Waals surface area contributed by atoms with Crippen molar-refractivity contribution in [2.75, 3.05) is 7.05 Å². The van der Waals surface area contributed by atoms with Crippen LogP contribution in [0.15, 0.2) is 24.7 Å². The molecule has 0 aliphatic heterocycles. The molecule has 0 bridgehead atoms. The van der Waals surface area contributed by atoms with Crippen molar-refractivity contribution in [3.63, 3.8) is 0 Å². The van der Waals surface area contributed by atoms with E-state index >= 15 is 0 Å². The summed E-state index contributed by atoms with van der Waals surface area (Å²) in [6.45, 7) is 1.88. The fourth-order valence-corrected chi connectivity index (χ4v) is 1.70. The number of aryl methyl sites for hydroxylation is 2. The van der Waals surface area contributed by atoms with Gasteiger partial charge >= 0.3 is 0 Å². The summed E-state index contributed by atoms with van der Waals surface area (Å²) >= 11 is 0. The van der Waals surface area contributed by atoms with Gasteiger partial charge in [-0.05, 0) is 20.0 Å². The molecule has 0 spiro atoms. The molecule has 0 saturated carbocycles. The lowest BCUT2D eigenvalue weighted by atomic mass is 10.2. The second-order valence-electron chi connectivity index (χ2n) is 3.65. The quantitative estimate of drug-likeness (QED) is 0.827. The first-order chi connectivity index (χ1) is 7.72. The Kier molecular flexibility index (Phi) is 2.96. The minimum atomic E-state index is 0.00157. The van der Waals surface area contributed by atoms with Gasteiger partial charge < -0.3 is 9.88 Å². The number of rotatable bonds is 3. The van der Waals surface area contributed by atoms with Gasteiger partial charge in [0.1, 0.15) is 17.7 Å². The lowest BCUT2D eigenvalue weighted by Gasteiger charge is -2.15. The summed E-state index contributed by atoms with van der Waals surface area (Å²) in [5, 5.41) is 3.22. The zero-order valence-corrected chi connectivity index (χ0v) is 9.68. The maximum Gasteiger partial charge on any atom is 0.131 e. The van der Waals surface area contributed by atoms with E-state index in [2.05, 4.69) is 20.3 Å². The summed E-state index contributed by atoms with van der Waals surface area (Å²) in [7, 11) is 3.87. The fourth-order valence-electron chi connectivity index (χ4n) is 1.70. The van der Waals surface area contributed by atoms with Crippen LogP contribution in [-0.4, -0.2) is 26.6 Å². The van der Waals surface area contributed by atoms with Crippen LogP contribution in [0.4, 0.5) is 0 Å². The maximum atomic E-state index is 4.41. The van der Waals surface area contributed by atoms with E-state index in [4.69, 9.17) is 0 Å². The van der Waals surface area contributed by atoms with Crippen LogP contribution in [0.1, 0.15) is 23.4 Å². The molecule has 16 heavy (non-hydrogen) atoms. The molecule has 1 unspecified atom stereocenters. The third-order valence-electron chi connectivity index (χ3n) is 2.50. The first kappa shape index (κ1) is 10.8. The normalized spacial score (nSPS) is 12.7. The van der Waals surface area contributed by atoms with Crippen molar-refractivity contribution in [2.45, 2.75) is 13.0 Å². The smallest absolute Gasteiger partial charge is 0.131 e. The van der Waals surface area contributed by atoms with Crippen molar-refractivity contribution in [3.05, 3.63) is 42.0 Å². The zero-order valence-electron chi connectivity index (χ0n) is 9.68. The zero-order chi connectivity index (χ0) is 11.5. The highest BCUT2D eigenvalue weighted by atomic mass is 15.1. The molecule has 2 heterocycles. The Labute approximate surface area is 94.6 Å². The highest BCUT2D eigenvalue weighted by molar-refractivity contribution is 5.17. The van der Waals surface area contributed by atoms with Crippen LogP contribution >= 0.6 is 0 Å². The number of nitrogens with one attached hydrogen (secondary N) is 1. The Morgan fingerprint density at radius 2 is 2.12 bits per heavy atom. The molecule has 84 valence electrons. The number of hydrogen-bond acceptors (Lipinski definition) is 4. The van der Waals surface area contributed by atoms with E-state index in [1.54, 1.807) is 12.4 Å². The lowest BCUT2D eigenvalue weighted by molar-refractivity contribution is 0.599. The predicted octanol–water partition coefficient (Wildman–Crippen LogP) is 0.827. The molecule has 0 aliphatic rings. The molecule has 0 amide bonds. The van der Waals surface area contributed by atoms with Crippen LogP contribution in [-0.2, 0) is 7.05 Å². The van der Waals surface area contributed by atoms with Gasteiger partial charge in [-0.1, -0.05) is 0 Å². The van der Waals surface area contributed by atoms with Gasteiger partial charge in [0.25, 0.3) is 0 Å². The van der Waals surface area contributed by atoms with Crippen LogP contribution in [0.25, 0.3) is 0 Å². The second-order valence-corrected chi connectivity index (χ2v) is 3.65. The van der Waals surface area contributed by atoms with Crippen LogP contribution in [0.5, 0.6) is 0 Å². The van der Waals surface area contributed by atoms with Gasteiger partial charge in [-0.25, -0.2) is 15.0 Å². The van der Waals surface area contributed by atoms with Crippen molar-refractivity contribution in [1.82, 2.24) is 24.8 Å². The molecule has 1 atom stereocenters. The second kappa shape index (κ2) is 4.40. The topological polar surface area (TPSA) is 55.6 Å². The molecular weight excluding hydrogens is 202 g/mol. The van der Waals surface area contributed by atoms with Gasteiger partial charge in [0, 0.05) is 25.6 Å². The van der Waals surface area contributed by atoms with Crippen molar-refractivity contribution in [3.8, 4) is 0 Å². The fraction of sp³-hybridized carbons (Fsp3) is 0.364. The largest absolute Gasteiger partial charge is 0.336 e. The molecule has 5 heteroatoms. The molecule has 0 fully saturated rings. The number of nitrogens with zero attached hydrogens (tertiary/aromatic N) is 4. The summed E-state index contributed by atoms with van der Waals surface area (Å²) in [5.41, 5.74) is 0.935. The first-order valence-electron chi connectivity index (χ1n) is 5.16. The minimum absolute atomic E-state index is 0.00157. The Hall–Kier alpha value is -1.75. The third-order valence-corrected chi connectivity index (χ3v) is 2.50. The Morgan fingerprint density at radius 3 is 2.69 bits per heavy atom. The standard InChI is InChI=1S/C11H15N5/c1-8-13-5-4-9(15-8)10(12-2)11-14-6-7-16(11)3/h4-7,10,12H,1-3H3. The van der Waals surface area contributed by atoms with Gasteiger partial charge in [-0.15, -0.1) is 0 Å². The van der Waals surface area contributed by atoms with Crippen LogP contribution in [0, 0.1) is 6.92 Å². The Balaban J connectivity index is 2.40. The van der Waals surface area contributed by atoms with Gasteiger partial charge in [0.15, 0.2) is 0 Å². The van der Waals surface area contributed by atoms with Crippen molar-refractivity contribution >= 4 is 0 Å². The Bertz CT molecular complexity index is 477. The molecule has 2 aromatic heterocycles.